The molecule has 3 aliphatic heterocycles. The van der Waals surface area contributed by atoms with Crippen LogP contribution in [-0.2, 0) is 19.1 Å². The minimum Gasteiger partial charge on any atom is -0.465 e. The van der Waals surface area contributed by atoms with E-state index in [9.17, 15) is 19.2 Å². The number of imidazole rings is 2. The van der Waals surface area contributed by atoms with Crippen molar-refractivity contribution in [3.05, 3.63) is 102 Å². The lowest BCUT2D eigenvalue weighted by molar-refractivity contribution is -0.135. The van der Waals surface area contributed by atoms with E-state index in [1.54, 1.807) is 11.1 Å². The van der Waals surface area contributed by atoms with Crippen LogP contribution in [-0.4, -0.2) is 98.2 Å². The van der Waals surface area contributed by atoms with Crippen molar-refractivity contribution in [1.29, 1.82) is 0 Å². The van der Waals surface area contributed by atoms with Crippen LogP contribution in [0.1, 0.15) is 75.1 Å². The van der Waals surface area contributed by atoms with Crippen molar-refractivity contribution in [1.82, 2.24) is 44.9 Å². The third-order valence-corrected chi connectivity index (χ3v) is 12.2. The van der Waals surface area contributed by atoms with Crippen molar-refractivity contribution in [2.24, 2.45) is 5.92 Å². The summed E-state index contributed by atoms with van der Waals surface area (Å²) in [5.41, 5.74) is 7.43. The van der Waals surface area contributed by atoms with E-state index in [2.05, 4.69) is 72.4 Å². The zero-order valence-corrected chi connectivity index (χ0v) is 35.0. The van der Waals surface area contributed by atoms with Gasteiger partial charge in [0.15, 0.2) is 0 Å². The Morgan fingerprint density at radius 2 is 1.45 bits per heavy atom. The first-order valence-electron chi connectivity index (χ1n) is 21.0. The van der Waals surface area contributed by atoms with Gasteiger partial charge in [-0.1, -0.05) is 56.3 Å². The maximum Gasteiger partial charge on any atom is 0.407 e. The Hall–Kier alpha value is -7.10. The molecular formula is C46H49N9O7. The Morgan fingerprint density at radius 1 is 0.806 bits per heavy atom. The molecule has 16 heteroatoms. The third kappa shape index (κ3) is 7.49. The van der Waals surface area contributed by atoms with Crippen molar-refractivity contribution < 1.29 is 33.4 Å². The number of fused-ring (bicyclic) bond motifs is 5. The number of likely N-dealkylation sites (tertiary alicyclic amines) is 2. The molecule has 2 fully saturated rings. The first kappa shape index (κ1) is 40.3. The number of aromatic nitrogens is 5. The first-order valence-corrected chi connectivity index (χ1v) is 21.0. The molecule has 3 aromatic carbocycles. The molecule has 16 nitrogen and oxygen atoms in total. The molecule has 62 heavy (non-hydrogen) atoms. The summed E-state index contributed by atoms with van der Waals surface area (Å²) in [4.78, 5) is 70.4. The maximum atomic E-state index is 13.7. The smallest absolute Gasteiger partial charge is 0.407 e. The number of benzene rings is 3. The Balaban J connectivity index is 1.00. The lowest BCUT2D eigenvalue weighted by atomic mass is 10.0. The molecule has 4 N–H and O–H groups in total. The van der Waals surface area contributed by atoms with E-state index in [0.29, 0.717) is 24.7 Å². The zero-order valence-electron chi connectivity index (χ0n) is 35.0. The van der Waals surface area contributed by atoms with Crippen molar-refractivity contribution in [3.8, 4) is 39.5 Å². The first-order chi connectivity index (χ1) is 30.1. The number of hydrogen-bond acceptors (Lipinski definition) is 9. The van der Waals surface area contributed by atoms with Gasteiger partial charge in [0.1, 0.15) is 30.0 Å². The minimum atomic E-state index is -0.712. The van der Waals surface area contributed by atoms with Crippen LogP contribution in [0.2, 0.25) is 0 Å². The van der Waals surface area contributed by atoms with Crippen LogP contribution in [0, 0.1) is 5.92 Å². The van der Waals surface area contributed by atoms with Crippen LogP contribution in [0.25, 0.3) is 44.7 Å². The topological polar surface area (TPSA) is 189 Å². The van der Waals surface area contributed by atoms with E-state index in [1.165, 1.54) is 14.2 Å². The fourth-order valence-electron chi connectivity index (χ4n) is 9.04. The molecule has 0 bridgehead atoms. The van der Waals surface area contributed by atoms with Gasteiger partial charge in [-0.15, -0.1) is 0 Å². The van der Waals surface area contributed by atoms with Crippen LogP contribution in [0.15, 0.2) is 85.2 Å². The predicted octanol–water partition coefficient (Wildman–Crippen LogP) is 7.09. The average molecular weight is 840 g/mol. The van der Waals surface area contributed by atoms with Gasteiger partial charge in [0, 0.05) is 40.7 Å². The molecule has 2 saturated heterocycles. The second-order valence-corrected chi connectivity index (χ2v) is 16.3. The fourth-order valence-corrected chi connectivity index (χ4v) is 9.04. The van der Waals surface area contributed by atoms with E-state index < -0.39 is 24.5 Å². The van der Waals surface area contributed by atoms with Crippen molar-refractivity contribution in [2.75, 3.05) is 33.9 Å². The minimum absolute atomic E-state index is 0.126. The Bertz CT molecular complexity index is 2650. The number of carbonyl (C=O) groups excluding carboxylic acids is 4. The Labute approximate surface area is 358 Å². The van der Waals surface area contributed by atoms with E-state index in [4.69, 9.17) is 19.4 Å². The van der Waals surface area contributed by atoms with Gasteiger partial charge in [-0.05, 0) is 61.9 Å². The molecule has 4 atom stereocenters. The fraction of sp³-hybridized carbons (Fsp3) is 0.348. The number of hydrogen-bond donors (Lipinski definition) is 4. The molecule has 6 heterocycles. The molecule has 4 amide bonds. The summed E-state index contributed by atoms with van der Waals surface area (Å²) in [6.45, 7) is 4.81. The summed E-state index contributed by atoms with van der Waals surface area (Å²) in [7, 11) is 2.55. The van der Waals surface area contributed by atoms with Crippen LogP contribution < -0.4 is 15.4 Å². The summed E-state index contributed by atoms with van der Waals surface area (Å²) < 4.78 is 18.6. The summed E-state index contributed by atoms with van der Waals surface area (Å²) in [6.07, 6.45) is 5.05. The molecule has 3 aromatic heterocycles. The molecule has 0 radical (unpaired) electrons. The molecular weight excluding hydrogens is 791 g/mol. The highest BCUT2D eigenvalue weighted by Gasteiger charge is 2.38. The highest BCUT2D eigenvalue weighted by atomic mass is 16.5. The van der Waals surface area contributed by atoms with Crippen molar-refractivity contribution >= 4 is 34.9 Å². The van der Waals surface area contributed by atoms with Crippen LogP contribution in [0.5, 0.6) is 5.75 Å². The van der Waals surface area contributed by atoms with Crippen LogP contribution >= 0.6 is 0 Å². The maximum absolute atomic E-state index is 13.7. The van der Waals surface area contributed by atoms with E-state index in [-0.39, 0.29) is 36.4 Å². The number of H-pyrrole nitrogens is 2. The monoisotopic (exact) mass is 839 g/mol. The van der Waals surface area contributed by atoms with Gasteiger partial charge >= 0.3 is 12.2 Å². The van der Waals surface area contributed by atoms with Gasteiger partial charge in [0.25, 0.3) is 0 Å². The number of nitrogens with zero attached hydrogens (tertiary/aromatic N) is 5. The Kier molecular flexibility index (Phi) is 10.9. The van der Waals surface area contributed by atoms with Crippen molar-refractivity contribution in [2.45, 2.75) is 63.9 Å². The quantitative estimate of drug-likeness (QED) is 0.112. The number of carbonyl (C=O) groups is 4. The average Bonchev–Trinajstić information content (AvgIpc) is 4.15. The van der Waals surface area contributed by atoms with Gasteiger partial charge < -0.3 is 49.2 Å². The largest absolute Gasteiger partial charge is 0.465 e. The molecule has 0 saturated carbocycles. The van der Waals surface area contributed by atoms with E-state index >= 15 is 0 Å². The van der Waals surface area contributed by atoms with E-state index in [0.717, 1.165) is 81.7 Å². The lowest BCUT2D eigenvalue weighted by Crippen LogP contribution is -2.51. The number of amides is 4. The van der Waals surface area contributed by atoms with E-state index in [1.807, 2.05) is 55.3 Å². The van der Waals surface area contributed by atoms with Gasteiger partial charge in [0.05, 0.1) is 61.3 Å². The summed E-state index contributed by atoms with van der Waals surface area (Å²) >= 11 is 0. The number of aromatic amines is 2. The number of alkyl carbamates (subject to hydrolysis) is 2. The predicted molar refractivity (Wildman–Crippen MR) is 230 cm³/mol. The molecule has 1 unspecified atom stereocenters. The summed E-state index contributed by atoms with van der Waals surface area (Å²) in [6, 6.07) is 23.6. The van der Waals surface area contributed by atoms with Crippen LogP contribution in [0.3, 0.4) is 0 Å². The van der Waals surface area contributed by atoms with Gasteiger partial charge in [0.2, 0.25) is 18.0 Å². The normalized spacial score (nSPS) is 18.6. The molecule has 0 aliphatic carbocycles. The summed E-state index contributed by atoms with van der Waals surface area (Å²) in [5.74, 6) is 1.64. The molecule has 9 rings (SSSR count). The second-order valence-electron chi connectivity index (χ2n) is 16.3. The molecule has 6 aromatic rings. The number of methoxy groups -OCH3 is 2. The van der Waals surface area contributed by atoms with Crippen LogP contribution in [0.4, 0.5) is 9.59 Å². The number of rotatable bonds is 10. The lowest BCUT2D eigenvalue weighted by Gasteiger charge is -2.30. The van der Waals surface area contributed by atoms with Gasteiger partial charge in [-0.3, -0.25) is 9.59 Å². The SMILES string of the molecule is COC(=O)NCC(=O)N1CCC[C@H]1c1ncc(-c2ccc3c(c2)O[C@@H](c2ccccc2)n2c-3cc3cc(-c4cnc([C@@H]5CCCN5C(=O)C(NC(=O)OC)C(C)C)[nH]4)ccc32)[nH]1. The zero-order chi connectivity index (χ0) is 43.1. The number of nitrogens with one attached hydrogen (secondary N) is 4. The third-order valence-electron chi connectivity index (χ3n) is 12.2. The van der Waals surface area contributed by atoms with Crippen molar-refractivity contribution in [3.63, 3.8) is 0 Å². The molecule has 320 valence electrons. The van der Waals surface area contributed by atoms with Gasteiger partial charge in [-0.25, -0.2) is 19.6 Å². The molecule has 0 spiro atoms. The highest BCUT2D eigenvalue weighted by Crippen LogP contribution is 2.46. The van der Waals surface area contributed by atoms with Gasteiger partial charge in [-0.2, -0.15) is 0 Å². The Morgan fingerprint density at radius 3 is 2.13 bits per heavy atom. The summed E-state index contributed by atoms with van der Waals surface area (Å²) in [5, 5.41) is 6.22. The second kappa shape index (κ2) is 16.7. The number of ether oxygens (including phenoxy) is 3. The molecule has 3 aliphatic rings. The standard InChI is InChI=1S/C46H49N9O7/c1-26(2)40(52-46(59)61-4)43(57)54-19-9-13-36(54)42-48-23-32(50-42)28-15-17-34-30(20-28)21-37-31-16-14-29(22-38(31)62-44(55(34)37)27-10-6-5-7-11-27)33-24-47-41(51-33)35-12-8-18-53(35)39(56)25-49-45(58)60-3/h5-7,10-11,14-17,20-24,26,35-36,40,44H,8-9,12-13,18-19,25H2,1-4H3,(H,47,51)(H,48,50)(H,49,58)(H,52,59)/t35-,36-,40?,44-/m0/s1. The highest BCUT2D eigenvalue weighted by molar-refractivity contribution is 5.93.